The van der Waals surface area contributed by atoms with E-state index in [0.29, 0.717) is 19.5 Å². The summed E-state index contributed by atoms with van der Waals surface area (Å²) in [6.45, 7) is 3.61. The van der Waals surface area contributed by atoms with Crippen molar-refractivity contribution in [3.63, 3.8) is 0 Å². The standard InChI is InChI=1S/C16H22N2O3S/c1-12-16(21-10-15(20)17(12)2)4-6-18(7-5-16)14(19)9-13-3-8-22-11-13/h3,8,11-12H,4-7,9-10H2,1-2H3. The molecule has 3 heterocycles. The number of ether oxygens (including phenoxy) is 1. The van der Waals surface area contributed by atoms with Crippen molar-refractivity contribution in [2.75, 3.05) is 26.7 Å². The van der Waals surface area contributed by atoms with Crippen LogP contribution in [0.5, 0.6) is 0 Å². The normalized spacial score (nSPS) is 24.8. The molecular weight excluding hydrogens is 300 g/mol. The minimum Gasteiger partial charge on any atom is -0.363 e. The summed E-state index contributed by atoms with van der Waals surface area (Å²) < 4.78 is 5.91. The van der Waals surface area contributed by atoms with Crippen LogP contribution in [0.3, 0.4) is 0 Å². The Morgan fingerprint density at radius 1 is 1.45 bits per heavy atom. The zero-order chi connectivity index (χ0) is 15.7. The Morgan fingerprint density at radius 2 is 2.18 bits per heavy atom. The van der Waals surface area contributed by atoms with Gasteiger partial charge < -0.3 is 14.5 Å². The van der Waals surface area contributed by atoms with Gasteiger partial charge in [0.25, 0.3) is 0 Å². The van der Waals surface area contributed by atoms with Crippen molar-refractivity contribution < 1.29 is 14.3 Å². The summed E-state index contributed by atoms with van der Waals surface area (Å²) in [5.41, 5.74) is 0.796. The molecule has 1 aromatic rings. The van der Waals surface area contributed by atoms with Gasteiger partial charge in [0.15, 0.2) is 0 Å². The summed E-state index contributed by atoms with van der Waals surface area (Å²) in [5, 5.41) is 4.02. The highest BCUT2D eigenvalue weighted by Crippen LogP contribution is 2.35. The first kappa shape index (κ1) is 15.5. The van der Waals surface area contributed by atoms with Crippen LogP contribution < -0.4 is 0 Å². The molecule has 0 aromatic carbocycles. The largest absolute Gasteiger partial charge is 0.363 e. The van der Waals surface area contributed by atoms with E-state index in [0.717, 1.165) is 18.4 Å². The molecule has 1 spiro atoms. The molecule has 1 atom stereocenters. The highest BCUT2D eigenvalue weighted by atomic mass is 32.1. The number of nitrogens with zero attached hydrogens (tertiary/aromatic N) is 2. The van der Waals surface area contributed by atoms with E-state index >= 15 is 0 Å². The van der Waals surface area contributed by atoms with Crippen LogP contribution in [-0.2, 0) is 20.7 Å². The van der Waals surface area contributed by atoms with Crippen molar-refractivity contribution in [2.45, 2.75) is 37.8 Å². The highest BCUT2D eigenvalue weighted by molar-refractivity contribution is 7.07. The number of carbonyl (C=O) groups excluding carboxylic acids is 2. The van der Waals surface area contributed by atoms with Gasteiger partial charge >= 0.3 is 0 Å². The minimum atomic E-state index is -0.290. The fourth-order valence-electron chi connectivity index (χ4n) is 3.37. The van der Waals surface area contributed by atoms with Gasteiger partial charge in [0.2, 0.25) is 11.8 Å². The lowest BCUT2D eigenvalue weighted by Gasteiger charge is -2.50. The van der Waals surface area contributed by atoms with E-state index in [1.807, 2.05) is 35.7 Å². The van der Waals surface area contributed by atoms with Crippen molar-refractivity contribution in [3.8, 4) is 0 Å². The van der Waals surface area contributed by atoms with Crippen molar-refractivity contribution in [1.29, 1.82) is 0 Å². The Balaban J connectivity index is 1.60. The molecular formula is C16H22N2O3S. The van der Waals surface area contributed by atoms with Crippen LogP contribution in [-0.4, -0.2) is 60.0 Å². The van der Waals surface area contributed by atoms with Crippen LogP contribution in [0.2, 0.25) is 0 Å². The minimum absolute atomic E-state index is 0.0362. The zero-order valence-corrected chi connectivity index (χ0v) is 13.9. The first-order chi connectivity index (χ1) is 10.5. The molecule has 0 bridgehead atoms. The smallest absolute Gasteiger partial charge is 0.248 e. The summed E-state index contributed by atoms with van der Waals surface area (Å²) in [7, 11) is 1.84. The number of likely N-dealkylation sites (tertiary alicyclic amines) is 1. The number of hydrogen-bond acceptors (Lipinski definition) is 4. The van der Waals surface area contributed by atoms with Gasteiger partial charge in [0.1, 0.15) is 6.61 Å². The molecule has 2 aliphatic rings. The first-order valence-electron chi connectivity index (χ1n) is 7.70. The molecule has 2 fully saturated rings. The van der Waals surface area contributed by atoms with E-state index < -0.39 is 0 Å². The monoisotopic (exact) mass is 322 g/mol. The molecule has 1 unspecified atom stereocenters. The van der Waals surface area contributed by atoms with Crippen molar-refractivity contribution >= 4 is 23.2 Å². The average Bonchev–Trinajstić information content (AvgIpc) is 3.03. The van der Waals surface area contributed by atoms with Crippen molar-refractivity contribution in [2.24, 2.45) is 0 Å². The third-order valence-corrected chi connectivity index (χ3v) is 5.85. The maximum Gasteiger partial charge on any atom is 0.248 e. The molecule has 2 saturated heterocycles. The average molecular weight is 322 g/mol. The van der Waals surface area contributed by atoms with E-state index in [4.69, 9.17) is 4.74 Å². The summed E-state index contributed by atoms with van der Waals surface area (Å²) >= 11 is 1.62. The molecule has 1 aromatic heterocycles. The van der Waals surface area contributed by atoms with E-state index in [1.54, 1.807) is 16.2 Å². The number of likely N-dealkylation sites (N-methyl/N-ethyl adjacent to an activating group) is 1. The SMILES string of the molecule is CC1N(C)C(=O)COC12CCN(C(=O)Cc1ccsc1)CC2. The summed E-state index contributed by atoms with van der Waals surface area (Å²) in [5.74, 6) is 0.218. The van der Waals surface area contributed by atoms with Crippen molar-refractivity contribution in [3.05, 3.63) is 22.4 Å². The molecule has 2 amide bonds. The third-order valence-electron chi connectivity index (χ3n) is 5.12. The van der Waals surface area contributed by atoms with Crippen LogP contribution in [0.1, 0.15) is 25.3 Å². The number of amides is 2. The fourth-order valence-corrected chi connectivity index (χ4v) is 4.04. The quantitative estimate of drug-likeness (QED) is 0.830. The number of thiophene rings is 1. The maximum atomic E-state index is 12.4. The lowest BCUT2D eigenvalue weighted by molar-refractivity contribution is -0.184. The van der Waals surface area contributed by atoms with Gasteiger partial charge in [-0.15, -0.1) is 0 Å². The number of rotatable bonds is 2. The topological polar surface area (TPSA) is 49.9 Å². The predicted octanol–water partition coefficient (Wildman–Crippen LogP) is 1.53. The van der Waals surface area contributed by atoms with Gasteiger partial charge in [0.05, 0.1) is 18.1 Å². The zero-order valence-electron chi connectivity index (χ0n) is 13.1. The number of carbonyl (C=O) groups is 2. The number of hydrogen-bond donors (Lipinski definition) is 0. The second-order valence-electron chi connectivity index (χ2n) is 6.22. The van der Waals surface area contributed by atoms with E-state index in [2.05, 4.69) is 0 Å². The Kier molecular flexibility index (Phi) is 4.23. The van der Waals surface area contributed by atoms with Gasteiger partial charge in [-0.25, -0.2) is 0 Å². The first-order valence-corrected chi connectivity index (χ1v) is 8.64. The highest BCUT2D eigenvalue weighted by Gasteiger charge is 2.47. The molecule has 0 aliphatic carbocycles. The Labute approximate surface area is 134 Å². The van der Waals surface area contributed by atoms with Crippen LogP contribution in [0.25, 0.3) is 0 Å². The molecule has 120 valence electrons. The van der Waals surface area contributed by atoms with Crippen LogP contribution in [0.15, 0.2) is 16.8 Å². The van der Waals surface area contributed by atoms with Gasteiger partial charge in [-0.05, 0) is 42.2 Å². The van der Waals surface area contributed by atoms with Gasteiger partial charge in [-0.3, -0.25) is 9.59 Å². The molecule has 0 N–H and O–H groups in total. The van der Waals surface area contributed by atoms with E-state index in [9.17, 15) is 9.59 Å². The molecule has 2 aliphatic heterocycles. The van der Waals surface area contributed by atoms with E-state index in [1.165, 1.54) is 0 Å². The number of piperidine rings is 1. The number of morpholine rings is 1. The fraction of sp³-hybridized carbons (Fsp3) is 0.625. The van der Waals surface area contributed by atoms with Crippen LogP contribution >= 0.6 is 11.3 Å². The van der Waals surface area contributed by atoms with Crippen LogP contribution in [0.4, 0.5) is 0 Å². The summed E-state index contributed by atoms with van der Waals surface area (Å²) in [6, 6.07) is 2.06. The van der Waals surface area contributed by atoms with E-state index in [-0.39, 0.29) is 30.1 Å². The summed E-state index contributed by atoms with van der Waals surface area (Å²) in [6.07, 6.45) is 2.06. The Hall–Kier alpha value is -1.40. The van der Waals surface area contributed by atoms with Gasteiger partial charge in [-0.2, -0.15) is 11.3 Å². The lowest BCUT2D eigenvalue weighted by Crippen LogP contribution is -2.63. The Bertz CT molecular complexity index is 550. The molecule has 0 radical (unpaired) electrons. The molecule has 22 heavy (non-hydrogen) atoms. The second kappa shape index (κ2) is 6.01. The maximum absolute atomic E-state index is 12.4. The lowest BCUT2D eigenvalue weighted by atomic mass is 9.82. The molecule has 0 saturated carbocycles. The predicted molar refractivity (Wildman–Crippen MR) is 84.8 cm³/mol. The van der Waals surface area contributed by atoms with Crippen LogP contribution in [0, 0.1) is 0 Å². The third kappa shape index (κ3) is 2.77. The molecule has 3 rings (SSSR count). The Morgan fingerprint density at radius 3 is 2.82 bits per heavy atom. The van der Waals surface area contributed by atoms with Gasteiger partial charge in [-0.1, -0.05) is 0 Å². The van der Waals surface area contributed by atoms with Gasteiger partial charge in [0, 0.05) is 20.1 Å². The summed E-state index contributed by atoms with van der Waals surface area (Å²) in [4.78, 5) is 27.8. The molecule has 6 heteroatoms. The molecule has 5 nitrogen and oxygen atoms in total. The second-order valence-corrected chi connectivity index (χ2v) is 7.00. The van der Waals surface area contributed by atoms with Crippen molar-refractivity contribution in [1.82, 2.24) is 9.80 Å².